The molecule has 8 heteroatoms. The second-order valence-corrected chi connectivity index (χ2v) is 8.27. The molecule has 0 radical (unpaired) electrons. The van der Waals surface area contributed by atoms with Gasteiger partial charge in [0.1, 0.15) is 0 Å². The number of rotatable bonds is 3. The minimum absolute atomic E-state index is 0.138. The predicted molar refractivity (Wildman–Crippen MR) is 85.5 cm³/mol. The summed E-state index contributed by atoms with van der Waals surface area (Å²) in [5.41, 5.74) is 0.787. The lowest BCUT2D eigenvalue weighted by atomic mass is 10.2. The Morgan fingerprint density at radius 1 is 0.870 bits per heavy atom. The zero-order valence-electron chi connectivity index (χ0n) is 12.0. The van der Waals surface area contributed by atoms with Gasteiger partial charge in [-0.2, -0.15) is 8.42 Å². The lowest BCUT2D eigenvalue weighted by Gasteiger charge is -2.10. The summed E-state index contributed by atoms with van der Waals surface area (Å²) in [6.07, 6.45) is 0. The molecular formula is C15H13NO5S2. The van der Waals surface area contributed by atoms with Gasteiger partial charge in [-0.05, 0) is 43.3 Å². The summed E-state index contributed by atoms with van der Waals surface area (Å²) in [4.78, 5) is -0.140. The largest absolute Gasteiger partial charge is 0.294 e. The quantitative estimate of drug-likeness (QED) is 0.732. The minimum atomic E-state index is -4.34. The van der Waals surface area contributed by atoms with E-state index in [1.165, 1.54) is 30.3 Å². The smallest absolute Gasteiger partial charge is 0.282 e. The Balaban J connectivity index is 2.29. The van der Waals surface area contributed by atoms with Crippen molar-refractivity contribution in [2.75, 3.05) is 0 Å². The third-order valence-corrected chi connectivity index (χ3v) is 6.16. The highest BCUT2D eigenvalue weighted by Gasteiger charge is 2.22. The highest BCUT2D eigenvalue weighted by molar-refractivity contribution is 7.90. The first-order chi connectivity index (χ1) is 10.7. The third-order valence-electron chi connectivity index (χ3n) is 3.48. The van der Waals surface area contributed by atoms with Crippen LogP contribution in [0.4, 0.5) is 0 Å². The lowest BCUT2D eigenvalue weighted by Crippen LogP contribution is -2.14. The van der Waals surface area contributed by atoms with Gasteiger partial charge in [0.05, 0.1) is 15.3 Å². The van der Waals surface area contributed by atoms with Crippen LogP contribution in [0.25, 0.3) is 10.9 Å². The monoisotopic (exact) mass is 351 g/mol. The Kier molecular flexibility index (Phi) is 3.55. The Hall–Kier alpha value is -2.16. The van der Waals surface area contributed by atoms with Gasteiger partial charge in [-0.3, -0.25) is 4.55 Å². The summed E-state index contributed by atoms with van der Waals surface area (Å²) < 4.78 is 58.3. The summed E-state index contributed by atoms with van der Waals surface area (Å²) >= 11 is 0. The Morgan fingerprint density at radius 2 is 1.52 bits per heavy atom. The maximum absolute atomic E-state index is 12.8. The molecule has 0 aliphatic heterocycles. The normalized spacial score (nSPS) is 12.6. The van der Waals surface area contributed by atoms with E-state index in [0.717, 1.165) is 3.97 Å². The molecule has 0 saturated heterocycles. The number of fused-ring (bicyclic) bond motifs is 1. The average molecular weight is 351 g/mol. The molecule has 2 aromatic carbocycles. The molecule has 0 aliphatic carbocycles. The molecule has 0 bridgehead atoms. The molecule has 0 saturated carbocycles. The number of hydrogen-bond acceptors (Lipinski definition) is 4. The summed E-state index contributed by atoms with van der Waals surface area (Å²) in [5, 5.41) is 0.414. The van der Waals surface area contributed by atoms with E-state index >= 15 is 0 Å². The topological polar surface area (TPSA) is 93.4 Å². The first kappa shape index (κ1) is 15.7. The van der Waals surface area contributed by atoms with E-state index in [1.54, 1.807) is 31.2 Å². The van der Waals surface area contributed by atoms with Crippen LogP contribution in [0, 0.1) is 6.92 Å². The number of hydrogen-bond donors (Lipinski definition) is 1. The highest BCUT2D eigenvalue weighted by atomic mass is 32.2. The fourth-order valence-corrected chi connectivity index (χ4v) is 4.57. The van der Waals surface area contributed by atoms with Crippen LogP contribution < -0.4 is 0 Å². The van der Waals surface area contributed by atoms with E-state index in [-0.39, 0.29) is 9.79 Å². The van der Waals surface area contributed by atoms with Crippen LogP contribution in [0.5, 0.6) is 0 Å². The molecule has 0 atom stereocenters. The molecule has 0 spiro atoms. The molecule has 0 unspecified atom stereocenters. The van der Waals surface area contributed by atoms with Crippen molar-refractivity contribution in [3.63, 3.8) is 0 Å². The number of nitrogens with zero attached hydrogens (tertiary/aromatic N) is 1. The summed E-state index contributed by atoms with van der Waals surface area (Å²) in [5.74, 6) is 0. The van der Waals surface area contributed by atoms with Crippen molar-refractivity contribution in [2.45, 2.75) is 16.7 Å². The van der Waals surface area contributed by atoms with E-state index in [4.69, 9.17) is 4.55 Å². The maximum Gasteiger partial charge on any atom is 0.294 e. The molecule has 1 N–H and O–H groups in total. The highest BCUT2D eigenvalue weighted by Crippen LogP contribution is 2.27. The average Bonchev–Trinajstić information content (AvgIpc) is 2.82. The van der Waals surface area contributed by atoms with Crippen LogP contribution in [0.3, 0.4) is 0 Å². The molecule has 120 valence electrons. The SMILES string of the molecule is Cc1cc2cc(S(=O)(=O)O)ccc2n1S(=O)(=O)c1ccccc1. The van der Waals surface area contributed by atoms with Crippen LogP contribution in [-0.4, -0.2) is 25.4 Å². The first-order valence-corrected chi connectivity index (χ1v) is 9.49. The van der Waals surface area contributed by atoms with Gasteiger partial charge in [0.2, 0.25) is 0 Å². The fourth-order valence-electron chi connectivity index (χ4n) is 2.48. The van der Waals surface area contributed by atoms with Crippen molar-refractivity contribution in [2.24, 2.45) is 0 Å². The standard InChI is InChI=1S/C15H13NO5S2/c1-11-9-12-10-14(23(19,20)21)7-8-15(12)16(11)22(17,18)13-5-3-2-4-6-13/h2-10H,1H3,(H,19,20,21). The Morgan fingerprint density at radius 3 is 2.13 bits per heavy atom. The van der Waals surface area contributed by atoms with Gasteiger partial charge >= 0.3 is 0 Å². The molecule has 0 aliphatic rings. The molecule has 6 nitrogen and oxygen atoms in total. The van der Waals surface area contributed by atoms with Crippen molar-refractivity contribution in [1.29, 1.82) is 0 Å². The van der Waals surface area contributed by atoms with Gasteiger partial charge in [-0.1, -0.05) is 18.2 Å². The van der Waals surface area contributed by atoms with Crippen LogP contribution in [-0.2, 0) is 20.1 Å². The second kappa shape index (κ2) is 5.19. The minimum Gasteiger partial charge on any atom is -0.282 e. The first-order valence-electron chi connectivity index (χ1n) is 6.61. The van der Waals surface area contributed by atoms with Crippen molar-refractivity contribution >= 4 is 31.0 Å². The van der Waals surface area contributed by atoms with Gasteiger partial charge in [-0.15, -0.1) is 0 Å². The summed E-state index contributed by atoms with van der Waals surface area (Å²) in [7, 11) is -8.14. The zero-order valence-corrected chi connectivity index (χ0v) is 13.7. The fraction of sp³-hybridized carbons (Fsp3) is 0.0667. The Bertz CT molecular complexity index is 1100. The number of aryl methyl sites for hydroxylation is 1. The van der Waals surface area contributed by atoms with Gasteiger partial charge < -0.3 is 0 Å². The lowest BCUT2D eigenvalue weighted by molar-refractivity contribution is 0.483. The van der Waals surface area contributed by atoms with Crippen LogP contribution >= 0.6 is 0 Å². The molecule has 0 amide bonds. The second-order valence-electron chi connectivity index (χ2n) is 5.06. The Labute approximate surface area is 133 Å². The van der Waals surface area contributed by atoms with Crippen LogP contribution in [0.2, 0.25) is 0 Å². The summed E-state index contributed by atoms with van der Waals surface area (Å²) in [6.45, 7) is 1.62. The molecule has 1 aromatic heterocycles. The predicted octanol–water partition coefficient (Wildman–Crippen LogP) is 2.43. The number of aromatic nitrogens is 1. The molecule has 23 heavy (non-hydrogen) atoms. The van der Waals surface area contributed by atoms with Gasteiger partial charge in [0.15, 0.2) is 0 Å². The summed E-state index contributed by atoms with van der Waals surface area (Å²) in [6, 6.07) is 13.3. The van der Waals surface area contributed by atoms with E-state index in [1.807, 2.05) is 0 Å². The van der Waals surface area contributed by atoms with E-state index in [9.17, 15) is 16.8 Å². The van der Waals surface area contributed by atoms with Crippen molar-refractivity contribution in [1.82, 2.24) is 3.97 Å². The van der Waals surface area contributed by atoms with E-state index < -0.39 is 20.1 Å². The third kappa shape index (κ3) is 2.65. The van der Waals surface area contributed by atoms with Crippen LogP contribution in [0.1, 0.15) is 5.69 Å². The molecular weight excluding hydrogens is 338 g/mol. The molecule has 1 heterocycles. The van der Waals surface area contributed by atoms with Crippen molar-refractivity contribution in [3.8, 4) is 0 Å². The molecule has 3 aromatic rings. The van der Waals surface area contributed by atoms with Gasteiger partial charge in [0, 0.05) is 11.1 Å². The van der Waals surface area contributed by atoms with Crippen LogP contribution in [0.15, 0.2) is 64.4 Å². The molecule has 3 rings (SSSR count). The van der Waals surface area contributed by atoms with Crippen molar-refractivity contribution < 1.29 is 21.4 Å². The van der Waals surface area contributed by atoms with Gasteiger partial charge in [-0.25, -0.2) is 12.4 Å². The van der Waals surface area contributed by atoms with Crippen molar-refractivity contribution in [3.05, 3.63) is 60.3 Å². The van der Waals surface area contributed by atoms with E-state index in [2.05, 4.69) is 0 Å². The zero-order chi connectivity index (χ0) is 16.8. The van der Waals surface area contributed by atoms with E-state index in [0.29, 0.717) is 16.6 Å². The molecule has 0 fully saturated rings. The number of benzene rings is 2. The maximum atomic E-state index is 12.8. The van der Waals surface area contributed by atoms with Gasteiger partial charge in [0.25, 0.3) is 20.1 Å².